The van der Waals surface area contributed by atoms with Crippen molar-refractivity contribution in [2.75, 3.05) is 37.2 Å². The fraction of sp³-hybridized carbons (Fsp3) is 0.636. The van der Waals surface area contributed by atoms with Gasteiger partial charge in [-0.25, -0.2) is 17.6 Å². The average molecular weight is 643 g/mol. The molecule has 10 nitrogen and oxygen atoms in total. The smallest absolute Gasteiger partial charge is 0.315 e. The van der Waals surface area contributed by atoms with Crippen molar-refractivity contribution in [3.8, 4) is 5.69 Å². The number of urea groups is 1. The summed E-state index contributed by atoms with van der Waals surface area (Å²) in [6.45, 7) is 7.58. The largest absolute Gasteiger partial charge is 0.382 e. The van der Waals surface area contributed by atoms with Crippen LogP contribution in [0, 0.1) is 11.2 Å². The van der Waals surface area contributed by atoms with Gasteiger partial charge in [-0.3, -0.25) is 4.79 Å². The SMILES string of the molecule is CC1(C)Cc2c(c3c(n2-c2cc(F)c(C(N)=O)c(NC4CCC(NC(=O)NCCN5CCCCC5)CC4)c2)CCC3)S(=O)(=O)C1. The van der Waals surface area contributed by atoms with E-state index in [9.17, 15) is 18.0 Å². The lowest BCUT2D eigenvalue weighted by Crippen LogP contribution is -2.47. The average Bonchev–Trinajstić information content (AvgIpc) is 3.53. The molecule has 0 radical (unpaired) electrons. The minimum atomic E-state index is -3.49. The number of amides is 3. The first-order valence-electron chi connectivity index (χ1n) is 16.6. The number of hydrogen-bond donors (Lipinski definition) is 4. The molecule has 2 fully saturated rings. The van der Waals surface area contributed by atoms with E-state index in [0.717, 1.165) is 63.0 Å². The summed E-state index contributed by atoms with van der Waals surface area (Å²) in [6.07, 6.45) is 9.47. The van der Waals surface area contributed by atoms with Gasteiger partial charge in [0.1, 0.15) is 5.82 Å². The number of nitrogens with zero attached hydrogens (tertiary/aromatic N) is 2. The molecule has 5 N–H and O–H groups in total. The quantitative estimate of drug-likeness (QED) is 0.343. The van der Waals surface area contributed by atoms with Crippen molar-refractivity contribution in [2.45, 2.75) is 101 Å². The van der Waals surface area contributed by atoms with Gasteiger partial charge in [0, 0.05) is 36.6 Å². The number of sulfone groups is 1. The number of halogens is 1. The van der Waals surface area contributed by atoms with Crippen molar-refractivity contribution < 1.29 is 22.4 Å². The number of primary amides is 1. The molecular formula is C33H47FN6O4S. The summed E-state index contributed by atoms with van der Waals surface area (Å²) in [5.74, 6) is -1.50. The molecule has 1 saturated heterocycles. The molecule has 0 bridgehead atoms. The van der Waals surface area contributed by atoms with Crippen LogP contribution in [0.5, 0.6) is 0 Å². The highest BCUT2D eigenvalue weighted by atomic mass is 32.2. The molecule has 2 aliphatic carbocycles. The Hall–Kier alpha value is -3.12. The van der Waals surface area contributed by atoms with Crippen molar-refractivity contribution >= 4 is 27.5 Å². The summed E-state index contributed by atoms with van der Waals surface area (Å²) in [7, 11) is -3.49. The highest BCUT2D eigenvalue weighted by molar-refractivity contribution is 7.91. The first-order valence-corrected chi connectivity index (χ1v) is 18.2. The molecule has 3 amide bonds. The lowest BCUT2D eigenvalue weighted by atomic mass is 9.89. The van der Waals surface area contributed by atoms with E-state index in [1.54, 1.807) is 6.07 Å². The number of nitrogens with two attached hydrogens (primary N) is 1. The number of carbonyl (C=O) groups excluding carboxylic acids is 2. The van der Waals surface area contributed by atoms with Crippen molar-refractivity contribution in [1.82, 2.24) is 20.1 Å². The van der Waals surface area contributed by atoms with Gasteiger partial charge in [-0.2, -0.15) is 0 Å². The maximum absolute atomic E-state index is 15.7. The molecule has 2 aliphatic heterocycles. The van der Waals surface area contributed by atoms with E-state index in [1.807, 2.05) is 18.4 Å². The Labute approximate surface area is 265 Å². The van der Waals surface area contributed by atoms with E-state index in [1.165, 1.54) is 25.3 Å². The molecule has 0 unspecified atom stereocenters. The number of aromatic nitrogens is 1. The number of nitrogens with one attached hydrogen (secondary N) is 3. The fourth-order valence-corrected chi connectivity index (χ4v) is 10.4. The van der Waals surface area contributed by atoms with Crippen molar-refractivity contribution in [2.24, 2.45) is 11.1 Å². The van der Waals surface area contributed by atoms with Crippen molar-refractivity contribution in [1.29, 1.82) is 0 Å². The topological polar surface area (TPSA) is 139 Å². The molecule has 3 heterocycles. The van der Waals surface area contributed by atoms with Crippen LogP contribution in [0.15, 0.2) is 17.0 Å². The molecule has 2 aromatic rings. The minimum Gasteiger partial charge on any atom is -0.382 e. The van der Waals surface area contributed by atoms with Crippen molar-refractivity contribution in [3.63, 3.8) is 0 Å². The lowest BCUT2D eigenvalue weighted by molar-refractivity contribution is 0.0997. The number of carbonyl (C=O) groups is 2. The Morgan fingerprint density at radius 2 is 1.71 bits per heavy atom. The van der Waals surface area contributed by atoms with E-state index in [-0.39, 0.29) is 29.4 Å². The van der Waals surface area contributed by atoms with Crippen molar-refractivity contribution in [3.05, 3.63) is 40.5 Å². The normalized spacial score (nSPS) is 24.0. The van der Waals surface area contributed by atoms with Gasteiger partial charge in [-0.15, -0.1) is 0 Å². The van der Waals surface area contributed by atoms with Crippen LogP contribution in [-0.4, -0.2) is 73.8 Å². The predicted octanol–water partition coefficient (Wildman–Crippen LogP) is 4.07. The Bertz CT molecular complexity index is 1570. The Balaban J connectivity index is 1.17. The molecule has 1 aromatic heterocycles. The maximum Gasteiger partial charge on any atom is 0.315 e. The second-order valence-electron chi connectivity index (χ2n) is 14.2. The van der Waals surface area contributed by atoms with Gasteiger partial charge in [0.05, 0.1) is 27.6 Å². The van der Waals surface area contributed by atoms with Gasteiger partial charge < -0.3 is 31.2 Å². The summed E-state index contributed by atoms with van der Waals surface area (Å²) >= 11 is 0. The second kappa shape index (κ2) is 12.6. The molecule has 12 heteroatoms. The Morgan fingerprint density at radius 3 is 2.42 bits per heavy atom. The number of likely N-dealkylation sites (tertiary alicyclic amines) is 1. The van der Waals surface area contributed by atoms with Crippen LogP contribution in [0.2, 0.25) is 0 Å². The molecule has 4 aliphatic rings. The molecule has 1 saturated carbocycles. The van der Waals surface area contributed by atoms with E-state index in [2.05, 4.69) is 20.9 Å². The lowest BCUT2D eigenvalue weighted by Gasteiger charge is -2.32. The van der Waals surface area contributed by atoms with Crippen LogP contribution in [0.4, 0.5) is 14.9 Å². The first kappa shape index (κ1) is 31.8. The minimum absolute atomic E-state index is 0.0380. The Kier molecular flexibility index (Phi) is 8.91. The highest BCUT2D eigenvalue weighted by Crippen LogP contribution is 2.45. The predicted molar refractivity (Wildman–Crippen MR) is 172 cm³/mol. The zero-order chi connectivity index (χ0) is 31.9. The zero-order valence-corrected chi connectivity index (χ0v) is 27.3. The van der Waals surface area contributed by atoms with Gasteiger partial charge in [0.2, 0.25) is 0 Å². The molecule has 0 atom stereocenters. The summed E-state index contributed by atoms with van der Waals surface area (Å²) in [4.78, 5) is 27.7. The van der Waals surface area contributed by atoms with Crippen LogP contribution in [0.1, 0.15) is 92.5 Å². The molecule has 0 spiro atoms. The van der Waals surface area contributed by atoms with Crippen LogP contribution < -0.4 is 21.7 Å². The zero-order valence-electron chi connectivity index (χ0n) is 26.5. The number of anilines is 1. The van der Waals surface area contributed by atoms with E-state index in [4.69, 9.17) is 5.73 Å². The molecular weight excluding hydrogens is 595 g/mol. The van der Waals surface area contributed by atoms with E-state index < -0.39 is 27.0 Å². The molecule has 45 heavy (non-hydrogen) atoms. The second-order valence-corrected chi connectivity index (χ2v) is 16.1. The maximum atomic E-state index is 15.7. The van der Waals surface area contributed by atoms with Crippen LogP contribution in [0.3, 0.4) is 0 Å². The number of rotatable bonds is 8. The van der Waals surface area contributed by atoms with Gasteiger partial charge in [0.15, 0.2) is 9.84 Å². The van der Waals surface area contributed by atoms with E-state index in [0.29, 0.717) is 47.8 Å². The highest BCUT2D eigenvalue weighted by Gasteiger charge is 2.42. The summed E-state index contributed by atoms with van der Waals surface area (Å²) < 4.78 is 44.5. The molecule has 246 valence electrons. The van der Waals surface area contributed by atoms with E-state index >= 15 is 4.39 Å². The van der Waals surface area contributed by atoms with Gasteiger partial charge >= 0.3 is 6.03 Å². The molecule has 1 aromatic carbocycles. The monoisotopic (exact) mass is 642 g/mol. The Morgan fingerprint density at radius 1 is 1.00 bits per heavy atom. The third kappa shape index (κ3) is 6.72. The third-order valence-electron chi connectivity index (χ3n) is 9.97. The third-order valence-corrected chi connectivity index (χ3v) is 12.2. The summed E-state index contributed by atoms with van der Waals surface area (Å²) in [6, 6.07) is 2.90. The van der Waals surface area contributed by atoms with Crippen LogP contribution in [-0.2, 0) is 29.1 Å². The van der Waals surface area contributed by atoms with Crippen LogP contribution >= 0.6 is 0 Å². The number of benzene rings is 1. The van der Waals surface area contributed by atoms with Gasteiger partial charge in [-0.1, -0.05) is 20.3 Å². The van der Waals surface area contributed by atoms with Gasteiger partial charge in [-0.05, 0) is 100 Å². The summed E-state index contributed by atoms with van der Waals surface area (Å²) in [5.41, 5.74) is 8.30. The fourth-order valence-electron chi connectivity index (χ4n) is 8.02. The standard InChI is InChI=1S/C33H47FN6O4S/c1-33(2)19-28-30(45(43,44)20-33)24-7-6-8-27(24)40(28)23-17-25(34)29(31(35)41)26(18-23)37-21-9-11-22(12-10-21)38-32(42)36-13-16-39-14-4-3-5-15-39/h17-18,21-22,37H,3-16,19-20H2,1-2H3,(H2,35,41)(H2,36,38,42). The van der Waals surface area contributed by atoms with Crippen LogP contribution in [0.25, 0.3) is 5.69 Å². The number of hydrogen-bond acceptors (Lipinski definition) is 6. The number of fused-ring (bicyclic) bond motifs is 3. The van der Waals surface area contributed by atoms with Gasteiger partial charge in [0.25, 0.3) is 5.91 Å². The first-order chi connectivity index (χ1) is 21.4. The molecule has 6 rings (SSSR count). The number of piperidine rings is 1. The summed E-state index contributed by atoms with van der Waals surface area (Å²) in [5, 5.41) is 9.47.